The van der Waals surface area contributed by atoms with Gasteiger partial charge < -0.3 is 5.11 Å². The Morgan fingerprint density at radius 3 is 2.45 bits per heavy atom. The molecule has 1 amide bonds. The van der Waals surface area contributed by atoms with E-state index in [2.05, 4.69) is 0 Å². The van der Waals surface area contributed by atoms with E-state index in [-0.39, 0.29) is 12.5 Å². The molecular formula is C15H11NO3S. The van der Waals surface area contributed by atoms with E-state index in [1.807, 2.05) is 24.3 Å². The van der Waals surface area contributed by atoms with Gasteiger partial charge in [-0.15, -0.1) is 0 Å². The molecule has 0 spiro atoms. The monoisotopic (exact) mass is 285 g/mol. The maximum Gasteiger partial charge on any atom is 0.323 e. The molecular weight excluding hydrogens is 274 g/mol. The second kappa shape index (κ2) is 5.02. The molecule has 0 atom stereocenters. The van der Waals surface area contributed by atoms with Crippen LogP contribution < -0.4 is 4.90 Å². The number of anilines is 1. The molecule has 3 rings (SSSR count). The predicted octanol–water partition coefficient (Wildman–Crippen LogP) is 2.88. The van der Waals surface area contributed by atoms with E-state index in [0.29, 0.717) is 11.3 Å². The number of rotatable bonds is 2. The van der Waals surface area contributed by atoms with Gasteiger partial charge in [0, 0.05) is 9.79 Å². The average Bonchev–Trinajstić information content (AvgIpc) is 2.55. The Morgan fingerprint density at radius 1 is 1.05 bits per heavy atom. The minimum atomic E-state index is -1.03. The Labute approximate surface area is 120 Å². The van der Waals surface area contributed by atoms with E-state index in [4.69, 9.17) is 5.11 Å². The summed E-state index contributed by atoms with van der Waals surface area (Å²) < 4.78 is 0. The molecule has 20 heavy (non-hydrogen) atoms. The van der Waals surface area contributed by atoms with Crippen molar-refractivity contribution in [3.63, 3.8) is 0 Å². The summed E-state index contributed by atoms with van der Waals surface area (Å²) in [5.74, 6) is -1.31. The molecule has 0 aliphatic carbocycles. The summed E-state index contributed by atoms with van der Waals surface area (Å²) in [6, 6.07) is 14.6. The molecule has 2 aromatic carbocycles. The quantitative estimate of drug-likeness (QED) is 0.921. The minimum absolute atomic E-state index is 0.277. The van der Waals surface area contributed by atoms with Gasteiger partial charge in [-0.25, -0.2) is 0 Å². The van der Waals surface area contributed by atoms with Crippen LogP contribution in [0.4, 0.5) is 5.69 Å². The summed E-state index contributed by atoms with van der Waals surface area (Å²) >= 11 is 1.48. The number of amides is 1. The second-order valence-corrected chi connectivity index (χ2v) is 5.43. The number of para-hydroxylation sites is 1. The van der Waals surface area contributed by atoms with E-state index in [0.717, 1.165) is 9.79 Å². The van der Waals surface area contributed by atoms with Crippen molar-refractivity contribution >= 4 is 29.3 Å². The van der Waals surface area contributed by atoms with Gasteiger partial charge in [-0.2, -0.15) is 0 Å². The van der Waals surface area contributed by atoms with Gasteiger partial charge in [-0.05, 0) is 24.3 Å². The number of fused-ring (bicyclic) bond motifs is 2. The SMILES string of the molecule is O=C(O)CN1C(=O)c2ccccc2Sc2ccccc21. The number of carbonyl (C=O) groups excluding carboxylic acids is 1. The molecule has 0 fully saturated rings. The van der Waals surface area contributed by atoms with Gasteiger partial charge in [0.2, 0.25) is 0 Å². The van der Waals surface area contributed by atoms with E-state index in [1.165, 1.54) is 16.7 Å². The first-order valence-corrected chi connectivity index (χ1v) is 6.88. The normalized spacial score (nSPS) is 13.4. The Morgan fingerprint density at radius 2 is 1.70 bits per heavy atom. The second-order valence-electron chi connectivity index (χ2n) is 4.35. The van der Waals surface area contributed by atoms with Gasteiger partial charge in [0.1, 0.15) is 6.54 Å². The van der Waals surface area contributed by atoms with Crippen LogP contribution in [0.25, 0.3) is 0 Å². The number of nitrogens with zero attached hydrogens (tertiary/aromatic N) is 1. The number of benzene rings is 2. The zero-order valence-electron chi connectivity index (χ0n) is 10.4. The molecule has 1 aliphatic heterocycles. The first-order chi connectivity index (χ1) is 9.66. The summed E-state index contributed by atoms with van der Waals surface area (Å²) in [7, 11) is 0. The fourth-order valence-corrected chi connectivity index (χ4v) is 3.24. The van der Waals surface area contributed by atoms with Crippen molar-refractivity contribution in [3.05, 3.63) is 54.1 Å². The molecule has 0 saturated carbocycles. The molecule has 1 heterocycles. The minimum Gasteiger partial charge on any atom is -0.480 e. The summed E-state index contributed by atoms with van der Waals surface area (Å²) in [6.07, 6.45) is 0. The maximum absolute atomic E-state index is 12.6. The highest BCUT2D eigenvalue weighted by Gasteiger charge is 2.28. The number of carboxylic acids is 1. The fourth-order valence-electron chi connectivity index (χ4n) is 2.16. The van der Waals surface area contributed by atoms with E-state index in [1.54, 1.807) is 24.3 Å². The summed E-state index contributed by atoms with van der Waals surface area (Å²) in [5, 5.41) is 9.05. The number of carbonyl (C=O) groups is 2. The first kappa shape index (κ1) is 12.7. The van der Waals surface area contributed by atoms with E-state index >= 15 is 0 Å². The van der Waals surface area contributed by atoms with Crippen molar-refractivity contribution < 1.29 is 14.7 Å². The molecule has 0 saturated heterocycles. The molecule has 1 N–H and O–H groups in total. The topological polar surface area (TPSA) is 57.6 Å². The van der Waals surface area contributed by atoms with Crippen molar-refractivity contribution in [1.29, 1.82) is 0 Å². The lowest BCUT2D eigenvalue weighted by Crippen LogP contribution is -2.35. The third-order valence-electron chi connectivity index (χ3n) is 3.03. The van der Waals surface area contributed by atoms with Crippen molar-refractivity contribution in [1.82, 2.24) is 0 Å². The third-order valence-corrected chi connectivity index (χ3v) is 4.17. The van der Waals surface area contributed by atoms with Crippen LogP contribution in [0, 0.1) is 0 Å². The molecule has 1 aliphatic rings. The Balaban J connectivity index is 2.19. The van der Waals surface area contributed by atoms with Crippen molar-refractivity contribution in [2.24, 2.45) is 0 Å². The summed E-state index contributed by atoms with van der Waals surface area (Å²) in [4.78, 5) is 26.7. The van der Waals surface area contributed by atoms with Gasteiger partial charge in [0.05, 0.1) is 11.3 Å². The Bertz CT molecular complexity index is 699. The highest BCUT2D eigenvalue weighted by Crippen LogP contribution is 2.40. The largest absolute Gasteiger partial charge is 0.480 e. The Kier molecular flexibility index (Phi) is 3.20. The molecule has 0 aromatic heterocycles. The first-order valence-electron chi connectivity index (χ1n) is 6.06. The average molecular weight is 285 g/mol. The summed E-state index contributed by atoms with van der Waals surface area (Å²) in [5.41, 5.74) is 1.18. The molecule has 0 radical (unpaired) electrons. The van der Waals surface area contributed by atoms with Crippen LogP contribution in [-0.2, 0) is 4.79 Å². The number of hydrogen-bond acceptors (Lipinski definition) is 3. The van der Waals surface area contributed by atoms with Crippen LogP contribution in [0.15, 0.2) is 58.3 Å². The molecule has 4 nitrogen and oxygen atoms in total. The van der Waals surface area contributed by atoms with Crippen LogP contribution in [0.1, 0.15) is 10.4 Å². The highest BCUT2D eigenvalue weighted by molar-refractivity contribution is 7.99. The van der Waals surface area contributed by atoms with Crippen molar-refractivity contribution in [3.8, 4) is 0 Å². The lowest BCUT2D eigenvalue weighted by molar-refractivity contribution is -0.135. The molecule has 100 valence electrons. The smallest absolute Gasteiger partial charge is 0.323 e. The lowest BCUT2D eigenvalue weighted by Gasteiger charge is -2.20. The molecule has 5 heteroatoms. The van der Waals surface area contributed by atoms with E-state index < -0.39 is 5.97 Å². The lowest BCUT2D eigenvalue weighted by atomic mass is 10.2. The zero-order valence-corrected chi connectivity index (χ0v) is 11.3. The van der Waals surface area contributed by atoms with Crippen LogP contribution in [0.5, 0.6) is 0 Å². The number of carboxylic acid groups (broad SMARTS) is 1. The van der Waals surface area contributed by atoms with Crippen LogP contribution in [0.2, 0.25) is 0 Å². The van der Waals surface area contributed by atoms with Gasteiger partial charge >= 0.3 is 5.97 Å². The van der Waals surface area contributed by atoms with Gasteiger partial charge in [-0.3, -0.25) is 14.5 Å². The van der Waals surface area contributed by atoms with Gasteiger partial charge in [-0.1, -0.05) is 36.0 Å². The number of hydrogen-bond donors (Lipinski definition) is 1. The summed E-state index contributed by atoms with van der Waals surface area (Å²) in [6.45, 7) is -0.343. The number of aliphatic carboxylic acids is 1. The predicted molar refractivity (Wildman–Crippen MR) is 76.3 cm³/mol. The highest BCUT2D eigenvalue weighted by atomic mass is 32.2. The van der Waals surface area contributed by atoms with Crippen LogP contribution in [0.3, 0.4) is 0 Å². The Hall–Kier alpha value is -2.27. The van der Waals surface area contributed by atoms with E-state index in [9.17, 15) is 9.59 Å². The fraction of sp³-hybridized carbons (Fsp3) is 0.0667. The van der Waals surface area contributed by atoms with Gasteiger partial charge in [0.25, 0.3) is 5.91 Å². The molecule has 0 bridgehead atoms. The third kappa shape index (κ3) is 2.16. The molecule has 2 aromatic rings. The van der Waals surface area contributed by atoms with Gasteiger partial charge in [0.15, 0.2) is 0 Å². The van der Waals surface area contributed by atoms with Crippen LogP contribution in [-0.4, -0.2) is 23.5 Å². The van der Waals surface area contributed by atoms with Crippen molar-refractivity contribution in [2.45, 2.75) is 9.79 Å². The standard InChI is InChI=1S/C15H11NO3S/c17-14(18)9-16-11-6-2-4-8-13(11)20-12-7-3-1-5-10(12)15(16)19/h1-8H,9H2,(H,17,18). The van der Waals surface area contributed by atoms with Crippen LogP contribution >= 0.6 is 11.8 Å². The van der Waals surface area contributed by atoms with Crippen molar-refractivity contribution in [2.75, 3.05) is 11.4 Å². The maximum atomic E-state index is 12.6. The molecule has 0 unspecified atom stereocenters. The zero-order chi connectivity index (χ0) is 14.1.